The number of ether oxygens (including phenoxy) is 1. The summed E-state index contributed by atoms with van der Waals surface area (Å²) in [7, 11) is 1.62. The van der Waals surface area contributed by atoms with Gasteiger partial charge in [0.15, 0.2) is 0 Å². The van der Waals surface area contributed by atoms with Crippen LogP contribution in [0.2, 0.25) is 0 Å². The summed E-state index contributed by atoms with van der Waals surface area (Å²) in [6, 6.07) is 14.0. The highest BCUT2D eigenvalue weighted by Crippen LogP contribution is 2.18. The van der Waals surface area contributed by atoms with E-state index in [1.54, 1.807) is 24.1 Å². The molecule has 0 bridgehead atoms. The number of para-hydroxylation sites is 1. The van der Waals surface area contributed by atoms with Crippen LogP contribution in [0.3, 0.4) is 0 Å². The van der Waals surface area contributed by atoms with Gasteiger partial charge in [0.25, 0.3) is 0 Å². The summed E-state index contributed by atoms with van der Waals surface area (Å²) in [6.07, 6.45) is 0.489. The molecule has 0 unspecified atom stereocenters. The number of carbonyl (C=O) groups excluding carboxylic acids is 2. The van der Waals surface area contributed by atoms with E-state index in [0.717, 1.165) is 17.0 Å². The summed E-state index contributed by atoms with van der Waals surface area (Å²) in [5.41, 5.74) is 1.95. The molecule has 0 aromatic heterocycles. The number of rotatable bonds is 7. The Balaban J connectivity index is 1.40. The Morgan fingerprint density at radius 2 is 1.72 bits per heavy atom. The summed E-state index contributed by atoms with van der Waals surface area (Å²) in [4.78, 5) is 28.3. The minimum atomic E-state index is -0.272. The normalized spacial score (nSPS) is 13.9. The van der Waals surface area contributed by atoms with Crippen molar-refractivity contribution in [2.75, 3.05) is 44.7 Å². The Morgan fingerprint density at radius 1 is 1.03 bits per heavy atom. The van der Waals surface area contributed by atoms with Crippen LogP contribution in [0.4, 0.5) is 10.1 Å². The summed E-state index contributed by atoms with van der Waals surface area (Å²) in [6.45, 7) is 2.86. The average Bonchev–Trinajstić information content (AvgIpc) is 2.74. The van der Waals surface area contributed by atoms with Gasteiger partial charge in [0.05, 0.1) is 7.11 Å². The van der Waals surface area contributed by atoms with Crippen LogP contribution in [0.25, 0.3) is 0 Å². The first kappa shape index (κ1) is 20.6. The molecular formula is C22H26FN3O3. The number of hydrogen-bond acceptors (Lipinski definition) is 4. The zero-order valence-electron chi connectivity index (χ0n) is 16.6. The molecule has 0 saturated carbocycles. The summed E-state index contributed by atoms with van der Waals surface area (Å²) in [5, 5.41) is 2.80. The van der Waals surface area contributed by atoms with Crippen molar-refractivity contribution in [1.82, 2.24) is 10.2 Å². The quantitative estimate of drug-likeness (QED) is 0.726. The van der Waals surface area contributed by atoms with Gasteiger partial charge in [-0.1, -0.05) is 18.2 Å². The summed E-state index contributed by atoms with van der Waals surface area (Å²) in [5.74, 6) is 0.0838. The average molecular weight is 399 g/mol. The number of methoxy groups -OCH3 is 1. The van der Waals surface area contributed by atoms with Gasteiger partial charge in [0.2, 0.25) is 11.8 Å². The van der Waals surface area contributed by atoms with E-state index >= 15 is 0 Å². The molecule has 0 spiro atoms. The molecule has 0 radical (unpaired) electrons. The van der Waals surface area contributed by atoms with E-state index in [9.17, 15) is 14.0 Å². The van der Waals surface area contributed by atoms with E-state index in [0.29, 0.717) is 39.1 Å². The van der Waals surface area contributed by atoms with Crippen LogP contribution in [0, 0.1) is 5.82 Å². The van der Waals surface area contributed by atoms with Crippen LogP contribution in [0.15, 0.2) is 48.5 Å². The molecule has 29 heavy (non-hydrogen) atoms. The van der Waals surface area contributed by atoms with Crippen LogP contribution >= 0.6 is 0 Å². The minimum absolute atomic E-state index is 0.150. The smallest absolute Gasteiger partial charge is 0.232 e. The van der Waals surface area contributed by atoms with Crippen LogP contribution in [0.1, 0.15) is 12.0 Å². The van der Waals surface area contributed by atoms with Crippen molar-refractivity contribution in [2.45, 2.75) is 12.8 Å². The van der Waals surface area contributed by atoms with Crippen LogP contribution in [0.5, 0.6) is 5.75 Å². The molecule has 1 aliphatic rings. The predicted molar refractivity (Wildman–Crippen MR) is 110 cm³/mol. The van der Waals surface area contributed by atoms with Crippen molar-refractivity contribution in [1.29, 1.82) is 0 Å². The lowest BCUT2D eigenvalue weighted by atomic mass is 10.1. The number of hydrogen-bond donors (Lipinski definition) is 1. The Bertz CT molecular complexity index is 833. The summed E-state index contributed by atoms with van der Waals surface area (Å²) < 4.78 is 18.3. The monoisotopic (exact) mass is 399 g/mol. The van der Waals surface area contributed by atoms with E-state index in [4.69, 9.17) is 4.74 Å². The zero-order chi connectivity index (χ0) is 20.6. The number of carbonyl (C=O) groups is 2. The van der Waals surface area contributed by atoms with E-state index in [1.165, 1.54) is 12.1 Å². The van der Waals surface area contributed by atoms with E-state index < -0.39 is 0 Å². The SMILES string of the molecule is COc1ccccc1CCNC(=O)CC(=O)N1CCN(c2ccc(F)cc2)CC1. The van der Waals surface area contributed by atoms with Gasteiger partial charge in [-0.15, -0.1) is 0 Å². The van der Waals surface area contributed by atoms with Crippen LogP contribution in [-0.2, 0) is 16.0 Å². The number of anilines is 1. The fourth-order valence-corrected chi connectivity index (χ4v) is 3.42. The number of benzene rings is 2. The standard InChI is InChI=1S/C22H26FN3O3/c1-29-20-5-3-2-4-17(20)10-11-24-21(27)16-22(28)26-14-12-25(13-15-26)19-8-6-18(23)7-9-19/h2-9H,10-16H2,1H3,(H,24,27). The largest absolute Gasteiger partial charge is 0.496 e. The highest BCUT2D eigenvalue weighted by Gasteiger charge is 2.23. The van der Waals surface area contributed by atoms with Crippen molar-refractivity contribution in [3.05, 3.63) is 59.9 Å². The first-order valence-corrected chi connectivity index (χ1v) is 9.73. The molecule has 1 N–H and O–H groups in total. The molecular weight excluding hydrogens is 373 g/mol. The van der Waals surface area contributed by atoms with Gasteiger partial charge in [-0.25, -0.2) is 4.39 Å². The maximum atomic E-state index is 13.1. The van der Waals surface area contributed by atoms with E-state index in [-0.39, 0.29) is 24.1 Å². The number of nitrogens with zero attached hydrogens (tertiary/aromatic N) is 2. The van der Waals surface area contributed by atoms with E-state index in [2.05, 4.69) is 10.2 Å². The Labute approximate surface area is 170 Å². The molecule has 0 aliphatic carbocycles. The summed E-state index contributed by atoms with van der Waals surface area (Å²) >= 11 is 0. The maximum absolute atomic E-state index is 13.1. The minimum Gasteiger partial charge on any atom is -0.496 e. The number of nitrogens with one attached hydrogen (secondary N) is 1. The van der Waals surface area contributed by atoms with Crippen molar-refractivity contribution >= 4 is 17.5 Å². The second kappa shape index (κ2) is 9.91. The van der Waals surface area contributed by atoms with Crippen LogP contribution in [-0.4, -0.2) is 56.5 Å². The third-order valence-corrected chi connectivity index (χ3v) is 5.04. The molecule has 0 atom stereocenters. The lowest BCUT2D eigenvalue weighted by Crippen LogP contribution is -2.49. The predicted octanol–water partition coefficient (Wildman–Crippen LogP) is 2.23. The van der Waals surface area contributed by atoms with Crippen molar-refractivity contribution in [3.63, 3.8) is 0 Å². The molecule has 1 aliphatic heterocycles. The van der Waals surface area contributed by atoms with Gasteiger partial charge in [-0.3, -0.25) is 9.59 Å². The molecule has 1 heterocycles. The molecule has 7 heteroatoms. The second-order valence-corrected chi connectivity index (χ2v) is 6.93. The van der Waals surface area contributed by atoms with Crippen molar-refractivity contribution < 1.29 is 18.7 Å². The lowest BCUT2D eigenvalue weighted by molar-refractivity contribution is -0.136. The van der Waals surface area contributed by atoms with Gasteiger partial charge >= 0.3 is 0 Å². The highest BCUT2D eigenvalue weighted by molar-refractivity contribution is 5.97. The third kappa shape index (κ3) is 5.70. The molecule has 1 fully saturated rings. The van der Waals surface area contributed by atoms with E-state index in [1.807, 2.05) is 24.3 Å². The number of halogens is 1. The van der Waals surface area contributed by atoms with Gasteiger partial charge in [-0.05, 0) is 42.3 Å². The first-order valence-electron chi connectivity index (χ1n) is 9.73. The van der Waals surface area contributed by atoms with Gasteiger partial charge in [0, 0.05) is 38.4 Å². The molecule has 2 amide bonds. The molecule has 1 saturated heterocycles. The van der Waals surface area contributed by atoms with Gasteiger partial charge < -0.3 is 19.9 Å². The van der Waals surface area contributed by atoms with Gasteiger partial charge in [-0.2, -0.15) is 0 Å². The Kier molecular flexibility index (Phi) is 7.05. The Hall–Kier alpha value is -3.09. The van der Waals surface area contributed by atoms with Crippen molar-refractivity contribution in [2.24, 2.45) is 0 Å². The molecule has 2 aromatic carbocycles. The topological polar surface area (TPSA) is 61.9 Å². The first-order chi connectivity index (χ1) is 14.1. The van der Waals surface area contributed by atoms with Gasteiger partial charge in [0.1, 0.15) is 18.0 Å². The maximum Gasteiger partial charge on any atom is 0.232 e. The fraction of sp³-hybridized carbons (Fsp3) is 0.364. The molecule has 6 nitrogen and oxygen atoms in total. The number of amides is 2. The lowest BCUT2D eigenvalue weighted by Gasteiger charge is -2.36. The highest BCUT2D eigenvalue weighted by atomic mass is 19.1. The zero-order valence-corrected chi connectivity index (χ0v) is 16.6. The van der Waals surface area contributed by atoms with Crippen molar-refractivity contribution in [3.8, 4) is 5.75 Å². The fourth-order valence-electron chi connectivity index (χ4n) is 3.42. The molecule has 154 valence electrons. The molecule has 2 aromatic rings. The third-order valence-electron chi connectivity index (χ3n) is 5.04. The second-order valence-electron chi connectivity index (χ2n) is 6.93. The van der Waals surface area contributed by atoms with Crippen LogP contribution < -0.4 is 15.0 Å². The number of piperazine rings is 1. The molecule has 3 rings (SSSR count). The Morgan fingerprint density at radius 3 is 2.41 bits per heavy atom.